The van der Waals surface area contributed by atoms with Gasteiger partial charge in [-0.2, -0.15) is 9.78 Å². The molecular formula is C30H24BrN3O4. The standard InChI is InChI=1S/C30H24BrN3O4/c1-2-6-28-33-26-13-12-22(31)16-24(26)29(35)34(28)32-17-25-23-10-4-3-8-20(23)11-14-27(25)38-18-19-7-5-9-21(15-19)30(36)37/h3-5,7-17H,2,6,18H2,1H3,(H,36,37). The fourth-order valence-corrected chi connectivity index (χ4v) is 4.67. The van der Waals surface area contributed by atoms with E-state index in [0.29, 0.717) is 34.5 Å². The summed E-state index contributed by atoms with van der Waals surface area (Å²) in [5.74, 6) is 0.154. The zero-order valence-corrected chi connectivity index (χ0v) is 22.2. The van der Waals surface area contributed by atoms with Crippen molar-refractivity contribution in [3.05, 3.63) is 116 Å². The molecule has 0 amide bonds. The molecule has 190 valence electrons. The molecule has 8 heteroatoms. The molecule has 0 unspecified atom stereocenters. The van der Waals surface area contributed by atoms with Crippen LogP contribution in [0.5, 0.6) is 5.75 Å². The Kier molecular flexibility index (Phi) is 7.33. The molecular weight excluding hydrogens is 546 g/mol. The summed E-state index contributed by atoms with van der Waals surface area (Å²) in [4.78, 5) is 29.5. The van der Waals surface area contributed by atoms with Crippen molar-refractivity contribution in [2.45, 2.75) is 26.4 Å². The van der Waals surface area contributed by atoms with Crippen molar-refractivity contribution < 1.29 is 14.6 Å². The largest absolute Gasteiger partial charge is 0.488 e. The van der Waals surface area contributed by atoms with Crippen LogP contribution >= 0.6 is 15.9 Å². The second kappa shape index (κ2) is 11.0. The summed E-state index contributed by atoms with van der Waals surface area (Å²) in [6.45, 7) is 2.20. The molecule has 1 N–H and O–H groups in total. The molecule has 0 fully saturated rings. The van der Waals surface area contributed by atoms with Gasteiger partial charge < -0.3 is 9.84 Å². The molecule has 1 heterocycles. The molecule has 0 saturated heterocycles. The Morgan fingerprint density at radius 3 is 2.71 bits per heavy atom. The van der Waals surface area contributed by atoms with Crippen LogP contribution in [0.2, 0.25) is 0 Å². The highest BCUT2D eigenvalue weighted by atomic mass is 79.9. The second-order valence-electron chi connectivity index (χ2n) is 8.79. The van der Waals surface area contributed by atoms with Crippen LogP contribution < -0.4 is 10.3 Å². The Hall–Kier alpha value is -4.30. The van der Waals surface area contributed by atoms with Crippen LogP contribution in [-0.2, 0) is 13.0 Å². The average Bonchev–Trinajstić information content (AvgIpc) is 2.92. The van der Waals surface area contributed by atoms with Crippen molar-refractivity contribution in [3.63, 3.8) is 0 Å². The number of aromatic carboxylic acids is 1. The number of halogens is 1. The van der Waals surface area contributed by atoms with Gasteiger partial charge in [0, 0.05) is 16.5 Å². The van der Waals surface area contributed by atoms with Crippen molar-refractivity contribution in [2.75, 3.05) is 0 Å². The first-order valence-corrected chi connectivity index (χ1v) is 13.0. The van der Waals surface area contributed by atoms with Gasteiger partial charge in [0.05, 0.1) is 22.7 Å². The number of carboxylic acids is 1. The lowest BCUT2D eigenvalue weighted by Gasteiger charge is -2.13. The van der Waals surface area contributed by atoms with E-state index in [4.69, 9.17) is 9.72 Å². The number of nitrogens with zero attached hydrogens (tertiary/aromatic N) is 3. The molecule has 5 rings (SSSR count). The first kappa shape index (κ1) is 25.4. The Labute approximate surface area is 227 Å². The molecule has 0 bridgehead atoms. The van der Waals surface area contributed by atoms with Gasteiger partial charge in [0.25, 0.3) is 5.56 Å². The Bertz CT molecular complexity index is 1760. The maximum Gasteiger partial charge on any atom is 0.335 e. The maximum atomic E-state index is 13.5. The summed E-state index contributed by atoms with van der Waals surface area (Å²) in [5, 5.41) is 16.3. The molecule has 0 radical (unpaired) electrons. The van der Waals surface area contributed by atoms with E-state index in [1.54, 1.807) is 30.5 Å². The highest BCUT2D eigenvalue weighted by Gasteiger charge is 2.13. The minimum absolute atomic E-state index is 0.174. The molecule has 0 aliphatic heterocycles. The molecule has 38 heavy (non-hydrogen) atoms. The van der Waals surface area contributed by atoms with Crippen molar-refractivity contribution >= 4 is 49.8 Å². The third-order valence-corrected chi connectivity index (χ3v) is 6.64. The lowest BCUT2D eigenvalue weighted by Crippen LogP contribution is -2.22. The molecule has 0 spiro atoms. The van der Waals surface area contributed by atoms with Gasteiger partial charge >= 0.3 is 5.97 Å². The van der Waals surface area contributed by atoms with Gasteiger partial charge in [-0.05, 0) is 59.2 Å². The van der Waals surface area contributed by atoms with E-state index in [9.17, 15) is 14.7 Å². The molecule has 5 aromatic rings. The monoisotopic (exact) mass is 569 g/mol. The van der Waals surface area contributed by atoms with Gasteiger partial charge in [-0.15, -0.1) is 0 Å². The number of hydrogen-bond acceptors (Lipinski definition) is 5. The van der Waals surface area contributed by atoms with E-state index < -0.39 is 5.97 Å². The average molecular weight is 570 g/mol. The number of aryl methyl sites for hydroxylation is 1. The van der Waals surface area contributed by atoms with E-state index in [1.807, 2.05) is 61.5 Å². The number of aromatic nitrogens is 2. The smallest absolute Gasteiger partial charge is 0.335 e. The first-order chi connectivity index (χ1) is 18.4. The predicted molar refractivity (Wildman–Crippen MR) is 152 cm³/mol. The quantitative estimate of drug-likeness (QED) is 0.217. The van der Waals surface area contributed by atoms with Gasteiger partial charge in [-0.3, -0.25) is 4.79 Å². The van der Waals surface area contributed by atoms with Crippen LogP contribution in [0.3, 0.4) is 0 Å². The number of hydrogen-bond donors (Lipinski definition) is 1. The lowest BCUT2D eigenvalue weighted by atomic mass is 10.0. The van der Waals surface area contributed by atoms with Crippen LogP contribution in [0.15, 0.2) is 93.2 Å². The normalized spacial score (nSPS) is 11.4. The van der Waals surface area contributed by atoms with Crippen LogP contribution in [0, 0.1) is 0 Å². The number of ether oxygens (including phenoxy) is 1. The fourth-order valence-electron chi connectivity index (χ4n) is 4.30. The van der Waals surface area contributed by atoms with Crippen LogP contribution in [0.1, 0.15) is 40.7 Å². The van der Waals surface area contributed by atoms with Crippen LogP contribution in [-0.4, -0.2) is 27.0 Å². The van der Waals surface area contributed by atoms with Gasteiger partial charge in [0.1, 0.15) is 18.2 Å². The van der Waals surface area contributed by atoms with Crippen molar-refractivity contribution in [2.24, 2.45) is 5.10 Å². The van der Waals surface area contributed by atoms with Crippen molar-refractivity contribution in [1.82, 2.24) is 9.66 Å². The van der Waals surface area contributed by atoms with Gasteiger partial charge in [0.15, 0.2) is 0 Å². The third-order valence-electron chi connectivity index (χ3n) is 6.15. The van der Waals surface area contributed by atoms with Crippen molar-refractivity contribution in [1.29, 1.82) is 0 Å². The van der Waals surface area contributed by atoms with E-state index in [-0.39, 0.29) is 17.7 Å². The number of benzene rings is 4. The van der Waals surface area contributed by atoms with E-state index in [0.717, 1.165) is 27.2 Å². The maximum absolute atomic E-state index is 13.5. The molecule has 0 aliphatic carbocycles. The summed E-state index contributed by atoms with van der Waals surface area (Å²) >= 11 is 3.44. The summed E-state index contributed by atoms with van der Waals surface area (Å²) in [6, 6.07) is 23.8. The number of carbonyl (C=O) groups is 1. The third kappa shape index (κ3) is 5.21. The lowest BCUT2D eigenvalue weighted by molar-refractivity contribution is 0.0696. The fraction of sp³-hybridized carbons (Fsp3) is 0.133. The zero-order chi connectivity index (χ0) is 26.6. The Morgan fingerprint density at radius 2 is 1.89 bits per heavy atom. The summed E-state index contributed by atoms with van der Waals surface area (Å²) in [6.07, 6.45) is 3.04. The Morgan fingerprint density at radius 1 is 1.05 bits per heavy atom. The van der Waals surface area contributed by atoms with Crippen molar-refractivity contribution in [3.8, 4) is 5.75 Å². The number of fused-ring (bicyclic) bond motifs is 2. The van der Waals surface area contributed by atoms with E-state index in [1.165, 1.54) is 4.68 Å². The first-order valence-electron chi connectivity index (χ1n) is 12.2. The molecule has 0 saturated carbocycles. The van der Waals surface area contributed by atoms with Crippen LogP contribution in [0.4, 0.5) is 0 Å². The van der Waals surface area contributed by atoms with E-state index >= 15 is 0 Å². The topological polar surface area (TPSA) is 93.8 Å². The van der Waals surface area contributed by atoms with E-state index in [2.05, 4.69) is 21.0 Å². The second-order valence-corrected chi connectivity index (χ2v) is 9.71. The minimum Gasteiger partial charge on any atom is -0.488 e. The summed E-state index contributed by atoms with van der Waals surface area (Å²) in [7, 11) is 0. The van der Waals surface area contributed by atoms with Gasteiger partial charge in [-0.25, -0.2) is 9.78 Å². The molecule has 0 aliphatic rings. The summed E-state index contributed by atoms with van der Waals surface area (Å²) in [5.41, 5.74) is 2.02. The SMILES string of the molecule is CCCc1nc2ccc(Br)cc2c(=O)n1N=Cc1c(OCc2cccc(C(=O)O)c2)ccc2ccccc12. The van der Waals surface area contributed by atoms with Crippen LogP contribution in [0.25, 0.3) is 21.7 Å². The zero-order valence-electron chi connectivity index (χ0n) is 20.6. The number of rotatable bonds is 8. The molecule has 4 aromatic carbocycles. The molecule has 0 atom stereocenters. The highest BCUT2D eigenvalue weighted by molar-refractivity contribution is 9.10. The predicted octanol–water partition coefficient (Wildman–Crippen LogP) is 6.42. The summed E-state index contributed by atoms with van der Waals surface area (Å²) < 4.78 is 8.31. The Balaban J connectivity index is 1.59. The van der Waals surface area contributed by atoms with Gasteiger partial charge in [0.2, 0.25) is 0 Å². The van der Waals surface area contributed by atoms with Gasteiger partial charge in [-0.1, -0.05) is 65.3 Å². The molecule has 7 nitrogen and oxygen atoms in total. The highest BCUT2D eigenvalue weighted by Crippen LogP contribution is 2.28. The molecule has 1 aromatic heterocycles. The minimum atomic E-state index is -0.991. The number of carboxylic acid groups (broad SMARTS) is 1.